The van der Waals surface area contributed by atoms with Gasteiger partial charge in [0.1, 0.15) is 17.3 Å². The summed E-state index contributed by atoms with van der Waals surface area (Å²) < 4.78 is 17.0. The number of ether oxygens (including phenoxy) is 3. The summed E-state index contributed by atoms with van der Waals surface area (Å²) in [6.07, 6.45) is 9.44. The van der Waals surface area contributed by atoms with Gasteiger partial charge in [-0.05, 0) is 75.5 Å². The Morgan fingerprint density at radius 1 is 1.24 bits per heavy atom. The van der Waals surface area contributed by atoms with E-state index in [0.717, 1.165) is 44.9 Å². The zero-order valence-electron chi connectivity index (χ0n) is 20.8. The van der Waals surface area contributed by atoms with Crippen LogP contribution in [0.5, 0.6) is 0 Å². The molecule has 5 rings (SSSR count). The molecule has 9 atom stereocenters. The van der Waals surface area contributed by atoms with Crippen molar-refractivity contribution in [2.45, 2.75) is 109 Å². The minimum absolute atomic E-state index is 0.0148. The van der Waals surface area contributed by atoms with Crippen LogP contribution in [0.15, 0.2) is 11.6 Å². The molecular formula is C27H40O6. The molecule has 1 heterocycles. The Kier molecular flexibility index (Phi) is 5.34. The average molecular weight is 461 g/mol. The Morgan fingerprint density at radius 3 is 2.70 bits per heavy atom. The average Bonchev–Trinajstić information content (AvgIpc) is 3.41. The molecule has 0 aromatic heterocycles. The molecule has 6 nitrogen and oxygen atoms in total. The van der Waals surface area contributed by atoms with Gasteiger partial charge in [-0.25, -0.2) is 0 Å². The van der Waals surface area contributed by atoms with Crippen LogP contribution in [0.2, 0.25) is 0 Å². The molecule has 184 valence electrons. The zero-order chi connectivity index (χ0) is 23.8. The Bertz CT molecular complexity index is 878. The Balaban J connectivity index is 1.39. The van der Waals surface area contributed by atoms with Crippen LogP contribution >= 0.6 is 0 Å². The molecule has 0 amide bonds. The van der Waals surface area contributed by atoms with Crippen molar-refractivity contribution in [1.29, 1.82) is 0 Å². The van der Waals surface area contributed by atoms with E-state index in [9.17, 15) is 14.7 Å². The first-order valence-corrected chi connectivity index (χ1v) is 12.9. The van der Waals surface area contributed by atoms with Gasteiger partial charge in [0.15, 0.2) is 0 Å². The first-order chi connectivity index (χ1) is 15.5. The van der Waals surface area contributed by atoms with Crippen molar-refractivity contribution < 1.29 is 28.9 Å². The van der Waals surface area contributed by atoms with E-state index in [2.05, 4.69) is 19.9 Å². The second kappa shape index (κ2) is 7.55. The summed E-state index contributed by atoms with van der Waals surface area (Å²) in [4.78, 5) is 23.8. The molecule has 4 fully saturated rings. The first-order valence-electron chi connectivity index (χ1n) is 12.9. The van der Waals surface area contributed by atoms with Crippen molar-refractivity contribution >= 4 is 11.9 Å². The Labute approximate surface area is 197 Å². The second-order valence-electron chi connectivity index (χ2n) is 12.0. The molecule has 0 aromatic carbocycles. The van der Waals surface area contributed by atoms with Gasteiger partial charge in [-0.1, -0.05) is 25.5 Å². The van der Waals surface area contributed by atoms with E-state index in [4.69, 9.17) is 14.2 Å². The van der Waals surface area contributed by atoms with Gasteiger partial charge in [-0.15, -0.1) is 0 Å². The van der Waals surface area contributed by atoms with Gasteiger partial charge in [0.05, 0.1) is 19.1 Å². The molecule has 0 unspecified atom stereocenters. The fourth-order valence-electron chi connectivity index (χ4n) is 9.03. The minimum atomic E-state index is -1.23. The summed E-state index contributed by atoms with van der Waals surface area (Å²) >= 11 is 0. The summed E-state index contributed by atoms with van der Waals surface area (Å²) in [6, 6.07) is 0. The molecule has 3 saturated carbocycles. The van der Waals surface area contributed by atoms with Gasteiger partial charge in [0.2, 0.25) is 0 Å². The number of hydrogen-bond acceptors (Lipinski definition) is 6. The third-order valence-electron chi connectivity index (χ3n) is 10.4. The normalized spacial score (nSPS) is 47.1. The largest absolute Gasteiger partial charge is 0.466 e. The van der Waals surface area contributed by atoms with Gasteiger partial charge in [-0.2, -0.15) is 0 Å². The maximum absolute atomic E-state index is 12.3. The third kappa shape index (κ3) is 3.19. The number of esters is 2. The van der Waals surface area contributed by atoms with Crippen LogP contribution < -0.4 is 0 Å². The van der Waals surface area contributed by atoms with Gasteiger partial charge in [0, 0.05) is 18.8 Å². The minimum Gasteiger partial charge on any atom is -0.466 e. The van der Waals surface area contributed by atoms with Crippen LogP contribution in [0, 0.1) is 28.6 Å². The zero-order valence-corrected chi connectivity index (χ0v) is 20.8. The maximum Gasteiger partial charge on any atom is 0.308 e. The molecule has 1 aliphatic heterocycles. The number of carbonyl (C=O) groups is 2. The number of carbonyl (C=O) groups excluding carboxylic acids is 2. The predicted molar refractivity (Wildman–Crippen MR) is 122 cm³/mol. The quantitative estimate of drug-likeness (QED) is 0.373. The van der Waals surface area contributed by atoms with Crippen LogP contribution in [-0.4, -0.2) is 47.1 Å². The number of hydrogen-bond donors (Lipinski definition) is 1. The molecule has 0 bridgehead atoms. The molecule has 0 radical (unpaired) electrons. The number of fused-ring (bicyclic) bond motifs is 7. The number of aliphatic hydroxyl groups is 1. The van der Waals surface area contributed by atoms with E-state index in [1.165, 1.54) is 12.5 Å². The SMILES string of the molecule is CCOC(=O)C[C@](C)(O)[C@@]12O[C@@H]1C[C@@H]1[C@@H]3CC=C4C[C@@H](OC(C)=O)CC[C@]4(C)[C@@H]3CC[C@@]12C. The molecular weight excluding hydrogens is 420 g/mol. The van der Waals surface area contributed by atoms with E-state index in [1.54, 1.807) is 13.8 Å². The van der Waals surface area contributed by atoms with Gasteiger partial charge in [0.25, 0.3) is 0 Å². The van der Waals surface area contributed by atoms with Crippen LogP contribution in [0.25, 0.3) is 0 Å². The third-order valence-corrected chi connectivity index (χ3v) is 10.4. The van der Waals surface area contributed by atoms with Crippen molar-refractivity contribution in [3.05, 3.63) is 11.6 Å². The molecule has 5 aliphatic rings. The van der Waals surface area contributed by atoms with Crippen molar-refractivity contribution in [1.82, 2.24) is 0 Å². The molecule has 33 heavy (non-hydrogen) atoms. The summed E-state index contributed by atoms with van der Waals surface area (Å²) in [7, 11) is 0. The van der Waals surface area contributed by atoms with Gasteiger partial charge in [-0.3, -0.25) is 9.59 Å². The highest BCUT2D eigenvalue weighted by Gasteiger charge is 2.82. The predicted octanol–water partition coefficient (Wildman–Crippen LogP) is 4.33. The summed E-state index contributed by atoms with van der Waals surface area (Å²) in [5.74, 6) is 1.11. The fraction of sp³-hybridized carbons (Fsp3) is 0.852. The molecule has 4 aliphatic carbocycles. The molecule has 0 spiro atoms. The maximum atomic E-state index is 12.3. The summed E-state index contributed by atoms with van der Waals surface area (Å²) in [5.41, 5.74) is -0.392. The lowest BCUT2D eigenvalue weighted by Crippen LogP contribution is -2.59. The fourth-order valence-corrected chi connectivity index (χ4v) is 9.03. The first kappa shape index (κ1) is 23.3. The monoisotopic (exact) mass is 460 g/mol. The lowest BCUT2D eigenvalue weighted by Gasteiger charge is -2.59. The summed E-state index contributed by atoms with van der Waals surface area (Å²) in [6.45, 7) is 10.1. The topological polar surface area (TPSA) is 85.4 Å². The number of epoxide rings is 1. The number of allylic oxidation sites excluding steroid dienone is 1. The van der Waals surface area contributed by atoms with Crippen LogP contribution in [0.1, 0.15) is 86.0 Å². The van der Waals surface area contributed by atoms with Gasteiger partial charge >= 0.3 is 11.9 Å². The standard InChI is InChI=1S/C27H40O6/c1-6-31-23(29)15-26(5,30)27-22(33-27)14-21-19-8-7-17-13-18(32-16(2)28)9-11-24(17,3)20(19)10-12-25(21,27)4/h7,18-22,30H,6,8-15H2,1-5H3/t18-,19+,20+,21+,22+,24-,25-,26-,27+/m0/s1. The lowest BCUT2D eigenvalue weighted by molar-refractivity contribution is -0.165. The van der Waals surface area contributed by atoms with Crippen LogP contribution in [0.3, 0.4) is 0 Å². The Hall–Kier alpha value is -1.40. The summed E-state index contributed by atoms with van der Waals surface area (Å²) in [5, 5.41) is 11.6. The molecule has 1 saturated heterocycles. The van der Waals surface area contributed by atoms with E-state index < -0.39 is 11.2 Å². The second-order valence-corrected chi connectivity index (χ2v) is 12.0. The molecule has 1 N–H and O–H groups in total. The van der Waals surface area contributed by atoms with Gasteiger partial charge < -0.3 is 19.3 Å². The van der Waals surface area contributed by atoms with Crippen molar-refractivity contribution in [3.63, 3.8) is 0 Å². The molecule has 0 aromatic rings. The van der Waals surface area contributed by atoms with Crippen molar-refractivity contribution in [2.24, 2.45) is 28.6 Å². The van der Waals surface area contributed by atoms with E-state index in [-0.39, 0.29) is 41.4 Å². The van der Waals surface area contributed by atoms with Crippen molar-refractivity contribution in [3.8, 4) is 0 Å². The smallest absolute Gasteiger partial charge is 0.308 e. The Morgan fingerprint density at radius 2 is 2.00 bits per heavy atom. The lowest BCUT2D eigenvalue weighted by atomic mass is 9.46. The van der Waals surface area contributed by atoms with Crippen LogP contribution in [-0.2, 0) is 23.8 Å². The van der Waals surface area contributed by atoms with E-state index in [0.29, 0.717) is 24.4 Å². The molecule has 6 heteroatoms. The van der Waals surface area contributed by atoms with E-state index in [1.807, 2.05) is 0 Å². The van der Waals surface area contributed by atoms with Crippen molar-refractivity contribution in [2.75, 3.05) is 6.61 Å². The highest BCUT2D eigenvalue weighted by Crippen LogP contribution is 2.75. The van der Waals surface area contributed by atoms with E-state index >= 15 is 0 Å². The highest BCUT2D eigenvalue weighted by molar-refractivity contribution is 5.71. The van der Waals surface area contributed by atoms with Crippen LogP contribution in [0.4, 0.5) is 0 Å². The highest BCUT2D eigenvalue weighted by atomic mass is 16.6. The number of rotatable bonds is 5.